The molecule has 0 bridgehead atoms. The zero-order chi connectivity index (χ0) is 25.7. The molecule has 0 saturated carbocycles. The molecular weight excluding hydrogens is 496 g/mol. The molecule has 0 unspecified atom stereocenters. The van der Waals surface area contributed by atoms with Gasteiger partial charge in [0.25, 0.3) is 5.91 Å². The lowest BCUT2D eigenvalue weighted by Crippen LogP contribution is -2.45. The third-order valence-electron chi connectivity index (χ3n) is 5.57. The van der Waals surface area contributed by atoms with Crippen molar-refractivity contribution in [3.8, 4) is 11.8 Å². The predicted octanol–water partition coefficient (Wildman–Crippen LogP) is 3.88. The number of carbonyl (C=O) groups is 1. The van der Waals surface area contributed by atoms with Crippen molar-refractivity contribution in [1.29, 1.82) is 0 Å². The quantitative estimate of drug-likeness (QED) is 0.224. The molecule has 1 aliphatic rings. The summed E-state index contributed by atoms with van der Waals surface area (Å²) in [4.78, 5) is 15.9. The zero-order valence-corrected chi connectivity index (χ0v) is 20.1. The predicted molar refractivity (Wildman–Crippen MR) is 132 cm³/mol. The average molecular weight is 521 g/mol. The van der Waals surface area contributed by atoms with Crippen LogP contribution in [0.3, 0.4) is 0 Å². The van der Waals surface area contributed by atoms with E-state index in [2.05, 4.69) is 38.1 Å². The van der Waals surface area contributed by atoms with Crippen molar-refractivity contribution in [3.63, 3.8) is 0 Å². The highest BCUT2D eigenvalue weighted by Crippen LogP contribution is 2.40. The van der Waals surface area contributed by atoms with Crippen molar-refractivity contribution < 1.29 is 22.4 Å². The Kier molecular flexibility index (Phi) is 7.91. The van der Waals surface area contributed by atoms with Gasteiger partial charge in [-0.15, -0.1) is 0 Å². The molecule has 1 aliphatic heterocycles. The van der Waals surface area contributed by atoms with Crippen molar-refractivity contribution in [2.24, 2.45) is 0 Å². The van der Waals surface area contributed by atoms with Crippen LogP contribution in [0.1, 0.15) is 22.3 Å². The lowest BCUT2D eigenvalue weighted by molar-refractivity contribution is -0.0329. The van der Waals surface area contributed by atoms with Crippen LogP contribution in [0.5, 0.6) is 0 Å². The van der Waals surface area contributed by atoms with Crippen LogP contribution in [-0.2, 0) is 0 Å². The summed E-state index contributed by atoms with van der Waals surface area (Å²) in [6.45, 7) is 1.01. The molecule has 2 atom stereocenters. The number of piperidine rings is 1. The van der Waals surface area contributed by atoms with E-state index >= 15 is 0 Å². The summed E-state index contributed by atoms with van der Waals surface area (Å²) in [5, 5.41) is 11.5. The number of aromatic nitrogens is 2. The number of hydrogen-bond acceptors (Lipinski definition) is 6. The number of benzene rings is 1. The second kappa shape index (κ2) is 11.1. The molecule has 0 aliphatic carbocycles. The van der Waals surface area contributed by atoms with E-state index in [0.29, 0.717) is 35.6 Å². The largest absolute Gasteiger partial charge is 0.447 e. The first-order chi connectivity index (χ1) is 17.2. The minimum atomic E-state index is -4.52. The van der Waals surface area contributed by atoms with Gasteiger partial charge < -0.3 is 25.7 Å². The highest BCUT2D eigenvalue weighted by atomic mass is 32.2. The Labute approximate surface area is 209 Å². The van der Waals surface area contributed by atoms with Gasteiger partial charge in [0.1, 0.15) is 11.2 Å². The first-order valence-corrected chi connectivity index (χ1v) is 12.0. The zero-order valence-electron chi connectivity index (χ0n) is 19.2. The molecule has 0 radical (unpaired) electrons. The Morgan fingerprint density at radius 3 is 2.78 bits per heavy atom. The Hall–Kier alpha value is -3.43. The first kappa shape index (κ1) is 25.7. The van der Waals surface area contributed by atoms with Crippen LogP contribution in [0.25, 0.3) is 5.52 Å². The van der Waals surface area contributed by atoms with Crippen LogP contribution in [0, 0.1) is 11.8 Å². The Bertz CT molecular complexity index is 1280. The number of carbonyl (C=O) groups excluding carboxylic acids is 1. The Morgan fingerprint density at radius 2 is 2.08 bits per heavy atom. The number of nitrogens with one attached hydrogen (secondary N) is 4. The molecule has 1 fully saturated rings. The number of halogens is 4. The summed E-state index contributed by atoms with van der Waals surface area (Å²) in [6.07, 6.45) is 2.19. The van der Waals surface area contributed by atoms with Crippen molar-refractivity contribution >= 4 is 34.7 Å². The van der Waals surface area contributed by atoms with E-state index in [1.54, 1.807) is 31.3 Å². The molecule has 7 nitrogen and oxygen atoms in total. The Balaban J connectivity index is 1.56. The number of hydrogen-bond donors (Lipinski definition) is 4. The molecular formula is C24H24F4N6OS. The van der Waals surface area contributed by atoms with Gasteiger partial charge in [0.15, 0.2) is 5.82 Å². The molecule has 1 amide bonds. The van der Waals surface area contributed by atoms with Crippen LogP contribution in [0.15, 0.2) is 47.8 Å². The molecule has 36 heavy (non-hydrogen) atoms. The van der Waals surface area contributed by atoms with Crippen molar-refractivity contribution in [2.45, 2.75) is 29.2 Å². The second-order valence-corrected chi connectivity index (χ2v) is 9.07. The molecule has 0 spiro atoms. The van der Waals surface area contributed by atoms with E-state index in [0.717, 1.165) is 0 Å². The van der Waals surface area contributed by atoms with Crippen LogP contribution >= 0.6 is 11.8 Å². The van der Waals surface area contributed by atoms with Crippen molar-refractivity contribution in [3.05, 3.63) is 53.9 Å². The van der Waals surface area contributed by atoms with Gasteiger partial charge in [-0.3, -0.25) is 4.79 Å². The van der Waals surface area contributed by atoms with Crippen LogP contribution < -0.4 is 21.3 Å². The van der Waals surface area contributed by atoms with Gasteiger partial charge in [-0.05, 0) is 43.3 Å². The van der Waals surface area contributed by atoms with Gasteiger partial charge in [0, 0.05) is 49.0 Å². The molecule has 3 aromatic rings. The van der Waals surface area contributed by atoms with E-state index in [4.69, 9.17) is 0 Å². The summed E-state index contributed by atoms with van der Waals surface area (Å²) in [5.41, 5.74) is -2.73. The smallest absolute Gasteiger partial charge is 0.374 e. The minimum absolute atomic E-state index is 0.0903. The van der Waals surface area contributed by atoms with Gasteiger partial charge in [-0.1, -0.05) is 11.8 Å². The molecule has 190 valence electrons. The summed E-state index contributed by atoms with van der Waals surface area (Å²) in [6, 6.07) is 7.77. The van der Waals surface area contributed by atoms with Gasteiger partial charge in [-0.2, -0.15) is 13.2 Å². The molecule has 2 aromatic heterocycles. The number of thioether (sulfide) groups is 1. The van der Waals surface area contributed by atoms with Crippen molar-refractivity contribution in [1.82, 2.24) is 20.0 Å². The second-order valence-electron chi connectivity index (χ2n) is 8.01. The highest BCUT2D eigenvalue weighted by molar-refractivity contribution is 8.00. The fraction of sp³-hybridized carbons (Fsp3) is 0.333. The van der Waals surface area contributed by atoms with Gasteiger partial charge >= 0.3 is 5.51 Å². The normalized spacial score (nSPS) is 17.8. The molecule has 1 aromatic carbocycles. The van der Waals surface area contributed by atoms with Crippen molar-refractivity contribution in [2.75, 3.05) is 37.3 Å². The van der Waals surface area contributed by atoms with E-state index in [1.165, 1.54) is 22.9 Å². The number of nitrogens with zero attached hydrogens (tertiary/aromatic N) is 2. The third-order valence-corrected chi connectivity index (χ3v) is 6.41. The number of amides is 1. The third kappa shape index (κ3) is 6.22. The van der Waals surface area contributed by atoms with E-state index in [9.17, 15) is 22.4 Å². The summed E-state index contributed by atoms with van der Waals surface area (Å²) in [5.74, 6) is 5.76. The SMILES string of the molecule is CNC(=O)c1ccc(NCC#Cc2cc3c(N[C@@H]4CCNC[C@@H]4F)nccn3c2SC(F)(F)F)cc1. The molecule has 1 saturated heterocycles. The number of rotatable bonds is 6. The maximum atomic E-state index is 14.3. The maximum Gasteiger partial charge on any atom is 0.447 e. The standard InChI is InChI=1S/C24H24F4N6OS/c1-29-22(35)15-4-6-17(7-5-15)31-9-2-3-16-13-20-21(33-19-8-10-30-14-18(19)25)32-11-12-34(20)23(16)36-24(26,27)28/h4-7,11-13,18-19,30-31H,8-10,14H2,1H3,(H,29,35)(H,32,33)/t18-,19+/m0/s1. The summed E-state index contributed by atoms with van der Waals surface area (Å²) >= 11 is -0.258. The fourth-order valence-electron chi connectivity index (χ4n) is 3.82. The number of anilines is 2. The minimum Gasteiger partial charge on any atom is -0.374 e. The lowest BCUT2D eigenvalue weighted by atomic mass is 10.1. The van der Waals surface area contributed by atoms with Crippen LogP contribution in [0.2, 0.25) is 0 Å². The molecule has 12 heteroatoms. The van der Waals surface area contributed by atoms with E-state index < -0.39 is 17.7 Å². The average Bonchev–Trinajstić information content (AvgIpc) is 3.20. The molecule has 4 N–H and O–H groups in total. The lowest BCUT2D eigenvalue weighted by Gasteiger charge is -2.28. The highest BCUT2D eigenvalue weighted by Gasteiger charge is 2.33. The van der Waals surface area contributed by atoms with E-state index in [1.807, 2.05) is 0 Å². The molecule has 3 heterocycles. The summed E-state index contributed by atoms with van der Waals surface area (Å²) < 4.78 is 55.7. The monoisotopic (exact) mass is 520 g/mol. The number of alkyl halides is 4. The first-order valence-electron chi connectivity index (χ1n) is 11.2. The number of fused-ring (bicyclic) bond motifs is 1. The fourth-order valence-corrected chi connectivity index (χ4v) is 4.52. The van der Waals surface area contributed by atoms with Crippen LogP contribution in [0.4, 0.5) is 29.1 Å². The van der Waals surface area contributed by atoms with Gasteiger partial charge in [0.05, 0.1) is 23.7 Å². The van der Waals surface area contributed by atoms with E-state index in [-0.39, 0.29) is 41.3 Å². The Morgan fingerprint density at radius 1 is 1.31 bits per heavy atom. The summed E-state index contributed by atoms with van der Waals surface area (Å²) in [7, 11) is 1.54. The van der Waals surface area contributed by atoms with Crippen LogP contribution in [-0.4, -0.2) is 59.7 Å². The topological polar surface area (TPSA) is 82.5 Å². The van der Waals surface area contributed by atoms with Gasteiger partial charge in [-0.25, -0.2) is 9.37 Å². The maximum absolute atomic E-state index is 14.3. The van der Waals surface area contributed by atoms with Gasteiger partial charge in [0.2, 0.25) is 0 Å². The molecule has 4 rings (SSSR count).